The van der Waals surface area contributed by atoms with Crippen LogP contribution in [0.15, 0.2) is 35.3 Å². The van der Waals surface area contributed by atoms with Gasteiger partial charge in [0.2, 0.25) is 5.95 Å². The Morgan fingerprint density at radius 3 is 2.63 bits per heavy atom. The fourth-order valence-corrected chi connectivity index (χ4v) is 3.57. The van der Waals surface area contributed by atoms with Gasteiger partial charge in [-0.1, -0.05) is 5.92 Å². The van der Waals surface area contributed by atoms with E-state index in [1.807, 2.05) is 12.1 Å². The van der Waals surface area contributed by atoms with Gasteiger partial charge in [-0.25, -0.2) is 4.98 Å². The van der Waals surface area contributed by atoms with Crippen molar-refractivity contribution in [3.8, 4) is 18.1 Å². The molecule has 2 aromatic heterocycles. The number of hydrogen-bond donors (Lipinski definition) is 1. The molecule has 1 aliphatic heterocycles. The van der Waals surface area contributed by atoms with Gasteiger partial charge >= 0.3 is 0 Å². The summed E-state index contributed by atoms with van der Waals surface area (Å²) >= 11 is 0. The summed E-state index contributed by atoms with van der Waals surface area (Å²) in [5.74, 6) is 3.58. The number of benzene rings is 1. The standard InChI is InChI=1S/C22H24N6O2/c1-5-15-12-20(29)27(3)21-17(15)14-23-22(25-21)24-18-7-6-16(13-19(18)30-4)28-10-8-26(2)9-11-28/h1,6-7,12-14H,8-11H2,2-4H3,(H,23,24,25). The number of nitrogens with zero attached hydrogens (tertiary/aromatic N) is 5. The summed E-state index contributed by atoms with van der Waals surface area (Å²) in [7, 11) is 5.43. The predicted molar refractivity (Wildman–Crippen MR) is 119 cm³/mol. The van der Waals surface area contributed by atoms with Gasteiger partial charge in [-0.2, -0.15) is 4.98 Å². The van der Waals surface area contributed by atoms with Gasteiger partial charge in [0.15, 0.2) is 0 Å². The lowest BCUT2D eigenvalue weighted by atomic mass is 10.2. The third kappa shape index (κ3) is 3.67. The molecule has 3 heterocycles. The molecule has 154 valence electrons. The molecule has 4 rings (SSSR count). The molecular formula is C22H24N6O2. The number of aromatic nitrogens is 3. The minimum Gasteiger partial charge on any atom is -0.494 e. The second-order valence-corrected chi connectivity index (χ2v) is 7.33. The van der Waals surface area contributed by atoms with Crippen molar-refractivity contribution in [3.63, 3.8) is 0 Å². The maximum atomic E-state index is 12.1. The van der Waals surface area contributed by atoms with Crippen LogP contribution < -0.4 is 20.5 Å². The Kier molecular flexibility index (Phi) is 5.29. The van der Waals surface area contributed by atoms with E-state index in [0.717, 1.165) is 37.6 Å². The summed E-state index contributed by atoms with van der Waals surface area (Å²) < 4.78 is 7.06. The van der Waals surface area contributed by atoms with Crippen LogP contribution in [0.1, 0.15) is 5.56 Å². The first kappa shape index (κ1) is 19.7. The zero-order chi connectivity index (χ0) is 21.3. The smallest absolute Gasteiger partial charge is 0.253 e. The van der Waals surface area contributed by atoms with Crippen LogP contribution in [0.5, 0.6) is 5.75 Å². The van der Waals surface area contributed by atoms with E-state index in [9.17, 15) is 4.79 Å². The van der Waals surface area contributed by atoms with Crippen LogP contribution >= 0.6 is 0 Å². The molecule has 0 unspecified atom stereocenters. The van der Waals surface area contributed by atoms with Crippen LogP contribution in [0.25, 0.3) is 11.0 Å². The van der Waals surface area contributed by atoms with Crippen LogP contribution in [0, 0.1) is 12.3 Å². The van der Waals surface area contributed by atoms with E-state index < -0.39 is 0 Å². The fraction of sp³-hybridized carbons (Fsp3) is 0.318. The number of rotatable bonds is 4. The Balaban J connectivity index is 1.65. The molecule has 1 aliphatic rings. The van der Waals surface area contributed by atoms with Crippen molar-refractivity contribution in [2.24, 2.45) is 7.05 Å². The van der Waals surface area contributed by atoms with E-state index in [4.69, 9.17) is 11.2 Å². The van der Waals surface area contributed by atoms with Crippen LogP contribution in [0.3, 0.4) is 0 Å². The molecule has 30 heavy (non-hydrogen) atoms. The molecule has 0 saturated carbocycles. The van der Waals surface area contributed by atoms with Crippen molar-refractivity contribution in [1.29, 1.82) is 0 Å². The highest BCUT2D eigenvalue weighted by Crippen LogP contribution is 2.32. The van der Waals surface area contributed by atoms with Crippen LogP contribution in [-0.4, -0.2) is 59.8 Å². The number of methoxy groups -OCH3 is 1. The van der Waals surface area contributed by atoms with Gasteiger partial charge in [-0.3, -0.25) is 9.36 Å². The fourth-order valence-electron chi connectivity index (χ4n) is 3.57. The second kappa shape index (κ2) is 8.05. The lowest BCUT2D eigenvalue weighted by Gasteiger charge is -2.34. The van der Waals surface area contributed by atoms with Gasteiger partial charge in [-0.15, -0.1) is 6.42 Å². The Labute approximate surface area is 175 Å². The van der Waals surface area contributed by atoms with Gasteiger partial charge in [0, 0.05) is 62.8 Å². The van der Waals surface area contributed by atoms with Crippen molar-refractivity contribution >= 4 is 28.4 Å². The van der Waals surface area contributed by atoms with Crippen molar-refractivity contribution in [1.82, 2.24) is 19.4 Å². The highest BCUT2D eigenvalue weighted by Gasteiger charge is 2.16. The topological polar surface area (TPSA) is 75.5 Å². The molecule has 1 aromatic carbocycles. The lowest BCUT2D eigenvalue weighted by Crippen LogP contribution is -2.44. The molecule has 1 saturated heterocycles. The normalized spacial score (nSPS) is 14.5. The Morgan fingerprint density at radius 2 is 1.93 bits per heavy atom. The summed E-state index contributed by atoms with van der Waals surface area (Å²) in [5, 5.41) is 3.85. The molecule has 0 spiro atoms. The van der Waals surface area contributed by atoms with Gasteiger partial charge in [-0.05, 0) is 19.2 Å². The number of likely N-dealkylation sites (N-methyl/N-ethyl adjacent to an activating group) is 1. The molecule has 0 atom stereocenters. The summed E-state index contributed by atoms with van der Waals surface area (Å²) in [6.45, 7) is 4.02. The summed E-state index contributed by atoms with van der Waals surface area (Å²) in [4.78, 5) is 25.7. The van der Waals surface area contributed by atoms with Crippen LogP contribution in [0.2, 0.25) is 0 Å². The quantitative estimate of drug-likeness (QED) is 0.665. The zero-order valence-corrected chi connectivity index (χ0v) is 17.3. The Morgan fingerprint density at radius 1 is 1.17 bits per heavy atom. The molecule has 1 N–H and O–H groups in total. The lowest BCUT2D eigenvalue weighted by molar-refractivity contribution is 0.312. The van der Waals surface area contributed by atoms with E-state index in [-0.39, 0.29) is 5.56 Å². The maximum Gasteiger partial charge on any atom is 0.253 e. The van der Waals surface area contributed by atoms with Gasteiger partial charge < -0.3 is 19.9 Å². The number of nitrogens with one attached hydrogen (secondary N) is 1. The monoisotopic (exact) mass is 404 g/mol. The molecule has 0 aliphatic carbocycles. The molecule has 8 nitrogen and oxygen atoms in total. The highest BCUT2D eigenvalue weighted by molar-refractivity contribution is 5.82. The molecule has 0 bridgehead atoms. The van der Waals surface area contributed by atoms with Gasteiger partial charge in [0.25, 0.3) is 5.56 Å². The largest absolute Gasteiger partial charge is 0.494 e. The van der Waals surface area contributed by atoms with Crippen LogP contribution in [0.4, 0.5) is 17.3 Å². The summed E-state index contributed by atoms with van der Waals surface area (Å²) in [5.41, 5.74) is 2.60. The number of anilines is 3. The molecule has 0 amide bonds. The highest BCUT2D eigenvalue weighted by atomic mass is 16.5. The zero-order valence-electron chi connectivity index (χ0n) is 17.3. The number of ether oxygens (including phenoxy) is 1. The molecule has 8 heteroatoms. The van der Waals surface area contributed by atoms with E-state index in [0.29, 0.717) is 28.3 Å². The second-order valence-electron chi connectivity index (χ2n) is 7.33. The first-order valence-corrected chi connectivity index (χ1v) is 9.72. The number of piperazine rings is 1. The predicted octanol–water partition coefficient (Wildman–Crippen LogP) is 1.81. The van der Waals surface area contributed by atoms with Crippen LogP contribution in [-0.2, 0) is 7.05 Å². The molecule has 0 radical (unpaired) electrons. The van der Waals surface area contributed by atoms with E-state index >= 15 is 0 Å². The summed E-state index contributed by atoms with van der Waals surface area (Å²) in [6.07, 6.45) is 7.15. The van der Waals surface area contributed by atoms with Crippen molar-refractivity contribution in [2.75, 3.05) is 50.6 Å². The minimum absolute atomic E-state index is 0.214. The average molecular weight is 404 g/mol. The molecule has 1 fully saturated rings. The number of hydrogen-bond acceptors (Lipinski definition) is 7. The number of terminal acetylenes is 1. The minimum atomic E-state index is -0.214. The summed E-state index contributed by atoms with van der Waals surface area (Å²) in [6, 6.07) is 7.44. The third-order valence-corrected chi connectivity index (χ3v) is 5.43. The SMILES string of the molecule is C#Cc1cc(=O)n(C)c2nc(Nc3ccc(N4CCN(C)CC4)cc3OC)ncc12. The van der Waals surface area contributed by atoms with Crippen molar-refractivity contribution in [3.05, 3.63) is 46.4 Å². The van der Waals surface area contributed by atoms with Gasteiger partial charge in [0.05, 0.1) is 18.2 Å². The Bertz CT molecular complexity index is 1190. The molecular weight excluding hydrogens is 380 g/mol. The average Bonchev–Trinajstić information content (AvgIpc) is 2.77. The molecule has 3 aromatic rings. The Hall–Kier alpha value is -3.57. The maximum absolute atomic E-state index is 12.1. The third-order valence-electron chi connectivity index (χ3n) is 5.43. The number of aryl methyl sites for hydroxylation is 1. The van der Waals surface area contributed by atoms with E-state index in [2.05, 4.69) is 44.1 Å². The number of fused-ring (bicyclic) bond motifs is 1. The van der Waals surface area contributed by atoms with Crippen molar-refractivity contribution in [2.45, 2.75) is 0 Å². The van der Waals surface area contributed by atoms with Gasteiger partial charge in [0.1, 0.15) is 11.4 Å². The number of pyridine rings is 1. The van der Waals surface area contributed by atoms with E-state index in [1.54, 1.807) is 20.4 Å². The first-order valence-electron chi connectivity index (χ1n) is 9.72. The first-order chi connectivity index (χ1) is 14.5. The van der Waals surface area contributed by atoms with Crippen molar-refractivity contribution < 1.29 is 4.74 Å². The van der Waals surface area contributed by atoms with E-state index in [1.165, 1.54) is 10.6 Å².